The number of ether oxygens (including phenoxy) is 1. The first-order chi connectivity index (χ1) is 6.95. The molecule has 0 unspecified atom stereocenters. The van der Waals surface area contributed by atoms with Crippen LogP contribution < -0.4 is 0 Å². The second kappa shape index (κ2) is 9.63. The summed E-state index contributed by atoms with van der Waals surface area (Å²) >= 11 is 7.77. The van der Waals surface area contributed by atoms with Crippen molar-refractivity contribution in [2.75, 3.05) is 6.61 Å². The number of rotatable bonds is 8. The van der Waals surface area contributed by atoms with E-state index in [1.807, 2.05) is 0 Å². The second-order valence-electron chi connectivity index (χ2n) is 3.15. The topological polar surface area (TPSA) is 26.3 Å². The molecule has 0 radical (unpaired) electrons. The third-order valence-corrected chi connectivity index (χ3v) is 7.54. The van der Waals surface area contributed by atoms with Gasteiger partial charge in [0.05, 0.1) is 6.61 Å². The molecule has 0 heterocycles. The van der Waals surface area contributed by atoms with Crippen LogP contribution in [0.2, 0.25) is 6.04 Å². The van der Waals surface area contributed by atoms with E-state index in [1.165, 1.54) is 25.0 Å². The molecule has 0 N–H and O–H groups in total. The molecule has 0 aliphatic carbocycles. The highest BCUT2D eigenvalue weighted by atomic mass is 127. The van der Waals surface area contributed by atoms with Crippen molar-refractivity contribution in [3.8, 4) is 0 Å². The summed E-state index contributed by atoms with van der Waals surface area (Å²) in [7, 11) is 0. The lowest BCUT2D eigenvalue weighted by Crippen LogP contribution is -2.04. The normalized spacial score (nSPS) is 11.1. The van der Waals surface area contributed by atoms with E-state index in [9.17, 15) is 4.79 Å². The molecule has 2 nitrogen and oxygen atoms in total. The molecule has 0 aliphatic heterocycles. The van der Waals surface area contributed by atoms with Gasteiger partial charge in [-0.05, 0) is 12.5 Å². The van der Waals surface area contributed by atoms with Gasteiger partial charge in [-0.25, -0.2) is 4.79 Å². The number of carbonyl (C=O) groups excluding carboxylic acids is 1. The van der Waals surface area contributed by atoms with Crippen LogP contribution in [0, 0.1) is 0 Å². The largest absolute Gasteiger partial charge is 0.463 e. The van der Waals surface area contributed by atoms with E-state index in [0.29, 0.717) is 6.61 Å². The highest BCUT2D eigenvalue weighted by molar-refractivity contribution is 14.4. The maximum absolute atomic E-state index is 10.7. The minimum absolute atomic E-state index is 0.312. The van der Waals surface area contributed by atoms with Crippen LogP contribution >= 0.6 is 65.4 Å². The van der Waals surface area contributed by atoms with Crippen molar-refractivity contribution in [2.24, 2.45) is 0 Å². The fourth-order valence-corrected chi connectivity index (χ4v) is 5.10. The minimum Gasteiger partial charge on any atom is -0.463 e. The van der Waals surface area contributed by atoms with Crippen LogP contribution in [0.3, 0.4) is 0 Å². The zero-order chi connectivity index (χ0) is 11.7. The Bertz CT molecular complexity index is 204. The van der Waals surface area contributed by atoms with Gasteiger partial charge < -0.3 is 4.74 Å². The van der Waals surface area contributed by atoms with Gasteiger partial charge in [0, 0.05) is 6.08 Å². The quantitative estimate of drug-likeness (QED) is 0.108. The van der Waals surface area contributed by atoms with Gasteiger partial charge in [-0.2, -0.15) is 0 Å². The van der Waals surface area contributed by atoms with Crippen LogP contribution in [-0.2, 0) is 9.53 Å². The summed E-state index contributed by atoms with van der Waals surface area (Å²) in [6, 6.07) is 1.36. The van der Waals surface area contributed by atoms with Crippen LogP contribution in [0.1, 0.15) is 25.7 Å². The van der Waals surface area contributed by atoms with Crippen molar-refractivity contribution in [1.29, 1.82) is 0 Å². The fraction of sp³-hybridized carbons (Fsp3) is 0.667. The summed E-state index contributed by atoms with van der Waals surface area (Å²) in [5, 5.41) is 0. The molecular formula is C9H15I3O2Si. The molecular weight excluding hydrogens is 549 g/mol. The van der Waals surface area contributed by atoms with E-state index in [0.717, 1.165) is 12.8 Å². The monoisotopic (exact) mass is 564 g/mol. The van der Waals surface area contributed by atoms with Gasteiger partial charge in [0.15, 0.2) is 0 Å². The van der Waals surface area contributed by atoms with Crippen LogP contribution in [0.4, 0.5) is 0 Å². The second-order valence-corrected chi connectivity index (χ2v) is 40.0. The van der Waals surface area contributed by atoms with Crippen LogP contribution in [-0.4, -0.2) is 13.1 Å². The minimum atomic E-state index is -0.938. The SMILES string of the molecule is C=CC(=O)OCCCCCC[Si](I)(I)I. The van der Waals surface area contributed by atoms with E-state index in [-0.39, 0.29) is 5.97 Å². The van der Waals surface area contributed by atoms with Gasteiger partial charge in [0.1, 0.15) is 0 Å². The van der Waals surface area contributed by atoms with Crippen molar-refractivity contribution in [3.05, 3.63) is 12.7 Å². The van der Waals surface area contributed by atoms with Gasteiger partial charge in [-0.15, -0.1) is 0 Å². The Balaban J connectivity index is 3.19. The summed E-state index contributed by atoms with van der Waals surface area (Å²) in [6.45, 7) is 3.88. The lowest BCUT2D eigenvalue weighted by Gasteiger charge is -2.08. The molecule has 0 bridgehead atoms. The summed E-state index contributed by atoms with van der Waals surface area (Å²) in [6.07, 6.45) is 5.88. The molecule has 0 aromatic heterocycles. The lowest BCUT2D eigenvalue weighted by molar-refractivity contribution is -0.137. The van der Waals surface area contributed by atoms with E-state index < -0.39 is 0.564 Å². The smallest absolute Gasteiger partial charge is 0.330 e. The first kappa shape index (κ1) is 16.6. The average Bonchev–Trinajstić information content (AvgIpc) is 2.14. The van der Waals surface area contributed by atoms with Gasteiger partial charge in [0.2, 0.25) is 0 Å². The number of carbonyl (C=O) groups is 1. The predicted octanol–water partition coefficient (Wildman–Crippen LogP) is 4.52. The molecule has 0 saturated carbocycles. The number of hydrogen-bond donors (Lipinski definition) is 0. The third kappa shape index (κ3) is 13.6. The first-order valence-electron chi connectivity index (χ1n) is 4.81. The molecule has 0 atom stereocenters. The molecule has 6 heteroatoms. The Morgan fingerprint density at radius 2 is 1.80 bits per heavy atom. The lowest BCUT2D eigenvalue weighted by atomic mass is 10.2. The number of unbranched alkanes of at least 4 members (excludes halogenated alkanes) is 3. The molecule has 0 saturated heterocycles. The Kier molecular flexibility index (Phi) is 10.7. The Morgan fingerprint density at radius 1 is 1.20 bits per heavy atom. The molecule has 88 valence electrons. The molecule has 0 aliphatic rings. The average molecular weight is 564 g/mol. The van der Waals surface area contributed by atoms with Gasteiger partial charge in [0.25, 0.3) is 0.564 Å². The van der Waals surface area contributed by atoms with E-state index in [4.69, 9.17) is 4.74 Å². The molecule has 0 aromatic carbocycles. The Morgan fingerprint density at radius 3 is 2.33 bits per heavy atom. The summed E-state index contributed by atoms with van der Waals surface area (Å²) in [5.41, 5.74) is 0. The molecule has 0 spiro atoms. The highest BCUT2D eigenvalue weighted by Crippen LogP contribution is 2.35. The Hall–Kier alpha value is 1.62. The number of hydrogen-bond acceptors (Lipinski definition) is 2. The third-order valence-electron chi connectivity index (χ3n) is 1.77. The van der Waals surface area contributed by atoms with Crippen molar-refractivity contribution in [1.82, 2.24) is 0 Å². The summed E-state index contributed by atoms with van der Waals surface area (Å²) in [5.74, 6) is -0.312. The van der Waals surface area contributed by atoms with E-state index >= 15 is 0 Å². The predicted molar refractivity (Wildman–Crippen MR) is 92.2 cm³/mol. The molecule has 0 rings (SSSR count). The highest BCUT2D eigenvalue weighted by Gasteiger charge is 2.19. The van der Waals surface area contributed by atoms with Gasteiger partial charge in [-0.1, -0.05) is 91.2 Å². The summed E-state index contributed by atoms with van der Waals surface area (Å²) in [4.78, 5) is 10.7. The number of esters is 1. The maximum Gasteiger partial charge on any atom is 0.330 e. The molecule has 0 fully saturated rings. The molecule has 15 heavy (non-hydrogen) atoms. The standard InChI is InChI=1S/C9H15I3O2Si/c1-2-9(13)14-7-5-3-4-6-8-15(10,11)12/h2H,1,3-8H2. The summed E-state index contributed by atoms with van der Waals surface area (Å²) < 4.78 is 3.95. The zero-order valence-electron chi connectivity index (χ0n) is 8.48. The van der Waals surface area contributed by atoms with Crippen molar-refractivity contribution in [2.45, 2.75) is 31.7 Å². The number of halogens is 3. The van der Waals surface area contributed by atoms with Crippen molar-refractivity contribution < 1.29 is 9.53 Å². The zero-order valence-corrected chi connectivity index (χ0v) is 15.9. The van der Waals surface area contributed by atoms with Crippen molar-refractivity contribution in [3.63, 3.8) is 0 Å². The van der Waals surface area contributed by atoms with Gasteiger partial charge >= 0.3 is 5.97 Å². The first-order valence-corrected chi connectivity index (χ1v) is 16.4. The fourth-order valence-electron chi connectivity index (χ4n) is 1.01. The van der Waals surface area contributed by atoms with E-state index in [2.05, 4.69) is 72.0 Å². The van der Waals surface area contributed by atoms with Crippen LogP contribution in [0.15, 0.2) is 12.7 Å². The van der Waals surface area contributed by atoms with Gasteiger partial charge in [-0.3, -0.25) is 0 Å². The molecule has 0 amide bonds. The van der Waals surface area contributed by atoms with Crippen LogP contribution in [0.5, 0.6) is 0 Å². The maximum atomic E-state index is 10.7. The molecule has 0 aromatic rings. The van der Waals surface area contributed by atoms with E-state index in [1.54, 1.807) is 0 Å². The van der Waals surface area contributed by atoms with Crippen LogP contribution in [0.25, 0.3) is 0 Å². The van der Waals surface area contributed by atoms with Crippen molar-refractivity contribution >= 4 is 71.9 Å². The Labute approximate surface area is 131 Å².